The predicted molar refractivity (Wildman–Crippen MR) is 99.4 cm³/mol. The number of halogens is 2. The van der Waals surface area contributed by atoms with Gasteiger partial charge in [-0.2, -0.15) is 0 Å². The minimum Gasteiger partial charge on any atom is -0.337 e. The van der Waals surface area contributed by atoms with Crippen molar-refractivity contribution in [1.29, 1.82) is 0 Å². The molecule has 0 aliphatic carbocycles. The van der Waals surface area contributed by atoms with Crippen LogP contribution >= 0.6 is 23.2 Å². The molecule has 0 saturated heterocycles. The Morgan fingerprint density at radius 2 is 1.76 bits per heavy atom. The first-order chi connectivity index (χ1) is 11.9. The molecule has 3 rings (SSSR count). The molecule has 1 aliphatic rings. The number of anilines is 1. The van der Waals surface area contributed by atoms with Crippen LogP contribution in [-0.4, -0.2) is 33.3 Å². The number of urea groups is 1. The van der Waals surface area contributed by atoms with Crippen molar-refractivity contribution < 1.29 is 13.2 Å². The molecular formula is C17H16Cl2N2O3S. The third-order valence-electron chi connectivity index (χ3n) is 4.01. The maximum atomic E-state index is 12.3. The van der Waals surface area contributed by atoms with Crippen molar-refractivity contribution in [3.8, 4) is 0 Å². The standard InChI is InChI=1S/C17H16Cl2N2O3S/c18-13-3-5-15(6-4-13)25(23,24)10-8-20-17(22)21-9-7-12-1-2-14(19)11-16(12)21/h1-6,11H,7-10H2,(H,20,22). The molecule has 0 aromatic heterocycles. The summed E-state index contributed by atoms with van der Waals surface area (Å²) in [4.78, 5) is 14.1. The van der Waals surface area contributed by atoms with Gasteiger partial charge in [-0.15, -0.1) is 0 Å². The Bertz CT molecular complexity index is 899. The van der Waals surface area contributed by atoms with E-state index in [1.54, 1.807) is 17.0 Å². The molecule has 25 heavy (non-hydrogen) atoms. The molecule has 1 N–H and O–H groups in total. The normalized spacial score (nSPS) is 13.6. The first kappa shape index (κ1) is 18.0. The molecule has 1 aliphatic heterocycles. The van der Waals surface area contributed by atoms with E-state index in [0.717, 1.165) is 17.7 Å². The van der Waals surface area contributed by atoms with Gasteiger partial charge in [0.2, 0.25) is 0 Å². The van der Waals surface area contributed by atoms with Gasteiger partial charge in [0.05, 0.1) is 16.3 Å². The molecule has 0 radical (unpaired) electrons. The lowest BCUT2D eigenvalue weighted by atomic mass is 10.2. The van der Waals surface area contributed by atoms with Gasteiger partial charge in [0.15, 0.2) is 9.84 Å². The number of fused-ring (bicyclic) bond motifs is 1. The molecule has 0 saturated carbocycles. The maximum Gasteiger partial charge on any atom is 0.321 e. The Labute approximate surface area is 156 Å². The molecule has 2 aromatic carbocycles. The van der Waals surface area contributed by atoms with Crippen molar-refractivity contribution in [2.45, 2.75) is 11.3 Å². The highest BCUT2D eigenvalue weighted by atomic mass is 35.5. The Balaban J connectivity index is 1.60. The highest BCUT2D eigenvalue weighted by Crippen LogP contribution is 2.30. The van der Waals surface area contributed by atoms with E-state index < -0.39 is 9.84 Å². The summed E-state index contributed by atoms with van der Waals surface area (Å²) in [7, 11) is -3.48. The number of hydrogen-bond donors (Lipinski definition) is 1. The summed E-state index contributed by atoms with van der Waals surface area (Å²) in [6.45, 7) is 0.571. The predicted octanol–water partition coefficient (Wildman–Crippen LogP) is 3.54. The second kappa shape index (κ2) is 7.23. The summed E-state index contributed by atoms with van der Waals surface area (Å²) in [6, 6.07) is 11.1. The molecule has 8 heteroatoms. The lowest BCUT2D eigenvalue weighted by molar-refractivity contribution is 0.247. The molecule has 0 spiro atoms. The number of benzene rings is 2. The summed E-state index contributed by atoms with van der Waals surface area (Å²) in [5.74, 6) is -0.184. The zero-order valence-corrected chi connectivity index (χ0v) is 15.5. The van der Waals surface area contributed by atoms with Crippen molar-refractivity contribution in [3.63, 3.8) is 0 Å². The smallest absolute Gasteiger partial charge is 0.321 e. The first-order valence-electron chi connectivity index (χ1n) is 7.69. The van der Waals surface area contributed by atoms with E-state index >= 15 is 0 Å². The van der Waals surface area contributed by atoms with Gasteiger partial charge in [-0.1, -0.05) is 29.3 Å². The minimum atomic E-state index is -3.48. The van der Waals surface area contributed by atoms with Gasteiger partial charge in [-0.05, 0) is 48.4 Å². The van der Waals surface area contributed by atoms with Crippen LogP contribution in [0.2, 0.25) is 10.0 Å². The highest BCUT2D eigenvalue weighted by molar-refractivity contribution is 7.91. The van der Waals surface area contributed by atoms with Crippen LogP contribution in [0.4, 0.5) is 10.5 Å². The van der Waals surface area contributed by atoms with Crippen LogP contribution < -0.4 is 10.2 Å². The van der Waals surface area contributed by atoms with Gasteiger partial charge >= 0.3 is 6.03 Å². The summed E-state index contributed by atoms with van der Waals surface area (Å²) in [5.41, 5.74) is 1.82. The van der Waals surface area contributed by atoms with Crippen LogP contribution in [0.15, 0.2) is 47.4 Å². The number of carbonyl (C=O) groups excluding carboxylic acids is 1. The fourth-order valence-electron chi connectivity index (χ4n) is 2.71. The summed E-state index contributed by atoms with van der Waals surface area (Å²) >= 11 is 11.8. The van der Waals surface area contributed by atoms with E-state index in [1.165, 1.54) is 24.3 Å². The average Bonchev–Trinajstić information content (AvgIpc) is 2.98. The number of amides is 2. The van der Waals surface area contributed by atoms with Gasteiger partial charge in [0.25, 0.3) is 0 Å². The fourth-order valence-corrected chi connectivity index (χ4v) is 4.16. The fraction of sp³-hybridized carbons (Fsp3) is 0.235. The zero-order valence-electron chi connectivity index (χ0n) is 13.2. The molecule has 0 fully saturated rings. The van der Waals surface area contributed by atoms with Crippen molar-refractivity contribution in [3.05, 3.63) is 58.1 Å². The number of rotatable bonds is 4. The largest absolute Gasteiger partial charge is 0.337 e. The Kier molecular flexibility index (Phi) is 5.22. The Morgan fingerprint density at radius 3 is 2.48 bits per heavy atom. The van der Waals surface area contributed by atoms with Crippen LogP contribution in [0.25, 0.3) is 0 Å². The lowest BCUT2D eigenvalue weighted by Gasteiger charge is -2.18. The molecule has 0 bridgehead atoms. The van der Waals surface area contributed by atoms with E-state index in [2.05, 4.69) is 5.32 Å². The van der Waals surface area contributed by atoms with Gasteiger partial charge in [0.1, 0.15) is 0 Å². The van der Waals surface area contributed by atoms with E-state index in [9.17, 15) is 13.2 Å². The van der Waals surface area contributed by atoms with Crippen molar-refractivity contribution in [2.75, 3.05) is 23.7 Å². The molecule has 5 nitrogen and oxygen atoms in total. The molecule has 2 amide bonds. The Hall–Kier alpha value is -1.76. The van der Waals surface area contributed by atoms with Gasteiger partial charge < -0.3 is 5.32 Å². The van der Waals surface area contributed by atoms with Crippen molar-refractivity contribution in [2.24, 2.45) is 0 Å². The van der Waals surface area contributed by atoms with Gasteiger partial charge in [-0.3, -0.25) is 4.90 Å². The molecule has 1 heterocycles. The van der Waals surface area contributed by atoms with E-state index in [1.807, 2.05) is 6.07 Å². The topological polar surface area (TPSA) is 66.5 Å². The Morgan fingerprint density at radius 1 is 1.08 bits per heavy atom. The number of hydrogen-bond acceptors (Lipinski definition) is 3. The van der Waals surface area contributed by atoms with Crippen LogP contribution in [0.5, 0.6) is 0 Å². The third kappa shape index (κ3) is 4.08. The first-order valence-corrected chi connectivity index (χ1v) is 10.1. The molecule has 132 valence electrons. The number of nitrogens with one attached hydrogen (secondary N) is 1. The van der Waals surface area contributed by atoms with Crippen LogP contribution in [0, 0.1) is 0 Å². The van der Waals surface area contributed by atoms with E-state index in [-0.39, 0.29) is 23.2 Å². The van der Waals surface area contributed by atoms with Gasteiger partial charge in [-0.25, -0.2) is 13.2 Å². The lowest BCUT2D eigenvalue weighted by Crippen LogP contribution is -2.40. The van der Waals surface area contributed by atoms with E-state index in [0.29, 0.717) is 16.6 Å². The number of nitrogens with zero attached hydrogens (tertiary/aromatic N) is 1. The summed E-state index contributed by atoms with van der Waals surface area (Å²) in [5, 5.41) is 3.69. The average molecular weight is 399 g/mol. The molecule has 0 atom stereocenters. The summed E-state index contributed by atoms with van der Waals surface area (Å²) in [6.07, 6.45) is 0.753. The van der Waals surface area contributed by atoms with E-state index in [4.69, 9.17) is 23.2 Å². The van der Waals surface area contributed by atoms with Crippen molar-refractivity contribution >= 4 is 44.8 Å². The maximum absolute atomic E-state index is 12.3. The van der Waals surface area contributed by atoms with Crippen LogP contribution in [-0.2, 0) is 16.3 Å². The highest BCUT2D eigenvalue weighted by Gasteiger charge is 2.25. The number of carbonyl (C=O) groups is 1. The quantitative estimate of drug-likeness (QED) is 0.855. The monoisotopic (exact) mass is 398 g/mol. The summed E-state index contributed by atoms with van der Waals surface area (Å²) < 4.78 is 24.5. The van der Waals surface area contributed by atoms with Gasteiger partial charge in [0, 0.05) is 23.1 Å². The van der Waals surface area contributed by atoms with Crippen LogP contribution in [0.3, 0.4) is 0 Å². The second-order valence-corrected chi connectivity index (χ2v) is 8.66. The molecular weight excluding hydrogens is 383 g/mol. The van der Waals surface area contributed by atoms with Crippen LogP contribution in [0.1, 0.15) is 5.56 Å². The molecule has 0 unspecified atom stereocenters. The zero-order chi connectivity index (χ0) is 18.0. The number of sulfone groups is 1. The van der Waals surface area contributed by atoms with Crippen molar-refractivity contribution in [1.82, 2.24) is 5.32 Å². The third-order valence-corrected chi connectivity index (χ3v) is 6.23. The minimum absolute atomic E-state index is 0.0240. The molecule has 2 aromatic rings. The SMILES string of the molecule is O=C(NCCS(=O)(=O)c1ccc(Cl)cc1)N1CCc2ccc(Cl)cc21. The second-order valence-electron chi connectivity index (χ2n) is 5.68.